The number of thiazole rings is 1. The number of aromatic nitrogens is 1. The molecule has 0 unspecified atom stereocenters. The van der Waals surface area contributed by atoms with Gasteiger partial charge in [0.15, 0.2) is 16.3 Å². The Kier molecular flexibility index (Phi) is 8.20. The van der Waals surface area contributed by atoms with Gasteiger partial charge in [-0.05, 0) is 55.1 Å². The highest BCUT2D eigenvalue weighted by atomic mass is 35.5. The van der Waals surface area contributed by atoms with Crippen LogP contribution in [0.2, 0.25) is 5.02 Å². The molecule has 1 aliphatic rings. The van der Waals surface area contributed by atoms with Crippen LogP contribution in [0.4, 0.5) is 4.39 Å². The first-order chi connectivity index (χ1) is 19.3. The average Bonchev–Trinajstić information content (AvgIpc) is 3.56. The summed E-state index contributed by atoms with van der Waals surface area (Å²) in [5, 5.41) is 2.14. The summed E-state index contributed by atoms with van der Waals surface area (Å²) >= 11 is 9.21. The topological polar surface area (TPSA) is 79.1 Å². The number of esters is 1. The third kappa shape index (κ3) is 5.34. The molecule has 0 radical (unpaired) electrons. The molecule has 0 amide bonds. The van der Waals surface area contributed by atoms with E-state index in [1.807, 2.05) is 17.5 Å². The molecule has 0 N–H and O–H groups in total. The van der Waals surface area contributed by atoms with Crippen LogP contribution >= 0.6 is 34.3 Å². The van der Waals surface area contributed by atoms with Crippen LogP contribution < -0.4 is 24.4 Å². The molecule has 2 aromatic carbocycles. The first kappa shape index (κ1) is 27.8. The lowest BCUT2D eigenvalue weighted by atomic mass is 10.0. The molecule has 1 aliphatic heterocycles. The van der Waals surface area contributed by atoms with E-state index in [2.05, 4.69) is 4.99 Å². The van der Waals surface area contributed by atoms with Gasteiger partial charge < -0.3 is 14.2 Å². The summed E-state index contributed by atoms with van der Waals surface area (Å²) in [6.07, 6.45) is 1.69. The number of fused-ring (bicyclic) bond motifs is 1. The average molecular weight is 599 g/mol. The quantitative estimate of drug-likeness (QED) is 0.259. The predicted molar refractivity (Wildman–Crippen MR) is 153 cm³/mol. The summed E-state index contributed by atoms with van der Waals surface area (Å²) in [6, 6.07) is 12.8. The zero-order valence-corrected chi connectivity index (χ0v) is 24.2. The zero-order chi connectivity index (χ0) is 28.4. The van der Waals surface area contributed by atoms with E-state index in [1.54, 1.807) is 50.3 Å². The number of hydrogen-bond acceptors (Lipinski definition) is 8. The molecule has 2 aromatic heterocycles. The second kappa shape index (κ2) is 11.8. The third-order valence-corrected chi connectivity index (χ3v) is 8.40. The number of benzene rings is 2. The van der Waals surface area contributed by atoms with Crippen LogP contribution in [0.3, 0.4) is 0 Å². The standard InChI is InChI=1S/C29H24ClFN2O5S2/c1-4-37-28(35)24-16(2)32-29-33(25(24)22-10-7-11-39-22)27(34)23(40-29)14-17-12-19(30)26(21(13-17)36-3)38-15-18-8-5-6-9-20(18)31/h5-14,25H,4,15H2,1-3H3/b23-14-/t25-/m0/s1. The molecule has 0 saturated carbocycles. The Morgan fingerprint density at radius 1 is 1.23 bits per heavy atom. The molecule has 0 spiro atoms. The molecule has 5 rings (SSSR count). The number of carbonyl (C=O) groups excluding carboxylic acids is 1. The number of allylic oxidation sites excluding steroid dienone is 1. The number of nitrogens with zero attached hydrogens (tertiary/aromatic N) is 2. The molecule has 7 nitrogen and oxygen atoms in total. The normalized spacial score (nSPS) is 15.0. The maximum Gasteiger partial charge on any atom is 0.338 e. The van der Waals surface area contributed by atoms with Crippen LogP contribution in [0.5, 0.6) is 11.5 Å². The highest BCUT2D eigenvalue weighted by Crippen LogP contribution is 2.37. The maximum atomic E-state index is 14.1. The number of carbonyl (C=O) groups is 1. The Morgan fingerprint density at radius 3 is 2.73 bits per heavy atom. The van der Waals surface area contributed by atoms with Gasteiger partial charge in [-0.2, -0.15) is 0 Å². The van der Waals surface area contributed by atoms with Crippen molar-refractivity contribution in [3.63, 3.8) is 0 Å². The monoisotopic (exact) mass is 598 g/mol. The van der Waals surface area contributed by atoms with Crippen LogP contribution in [0.25, 0.3) is 6.08 Å². The van der Waals surface area contributed by atoms with Crippen molar-refractivity contribution in [2.24, 2.45) is 4.99 Å². The van der Waals surface area contributed by atoms with Crippen LogP contribution in [0, 0.1) is 5.82 Å². The number of thiophene rings is 1. The van der Waals surface area contributed by atoms with E-state index in [9.17, 15) is 14.0 Å². The van der Waals surface area contributed by atoms with Gasteiger partial charge in [0.2, 0.25) is 0 Å². The fraction of sp³-hybridized carbons (Fsp3) is 0.207. The van der Waals surface area contributed by atoms with Gasteiger partial charge in [0, 0.05) is 10.4 Å². The van der Waals surface area contributed by atoms with E-state index in [0.717, 1.165) is 4.88 Å². The molecular formula is C29H24ClFN2O5S2. The molecule has 0 bridgehead atoms. The third-order valence-electron chi connectivity index (χ3n) is 6.21. The van der Waals surface area contributed by atoms with Crippen LogP contribution in [-0.4, -0.2) is 24.3 Å². The number of rotatable bonds is 8. The predicted octanol–water partition coefficient (Wildman–Crippen LogP) is 5.24. The lowest BCUT2D eigenvalue weighted by Crippen LogP contribution is -2.39. The SMILES string of the molecule is CCOC(=O)C1=C(C)N=c2s/c(=C\c3cc(Cl)c(OCc4ccccc4F)c(OC)c3)c(=O)n2[C@H]1c1cccs1. The molecule has 0 fully saturated rings. The minimum absolute atomic E-state index is 0.0361. The van der Waals surface area contributed by atoms with Crippen molar-refractivity contribution < 1.29 is 23.4 Å². The lowest BCUT2D eigenvalue weighted by molar-refractivity contribution is -0.139. The largest absolute Gasteiger partial charge is 0.493 e. The number of methoxy groups -OCH3 is 1. The Bertz CT molecular complexity index is 1790. The summed E-state index contributed by atoms with van der Waals surface area (Å²) in [7, 11) is 1.47. The van der Waals surface area contributed by atoms with Gasteiger partial charge in [0.1, 0.15) is 18.5 Å². The van der Waals surface area contributed by atoms with E-state index in [1.165, 1.54) is 40.4 Å². The van der Waals surface area contributed by atoms with Crippen molar-refractivity contribution in [3.8, 4) is 11.5 Å². The Hall–Kier alpha value is -3.73. The first-order valence-corrected chi connectivity index (χ1v) is 14.4. The van der Waals surface area contributed by atoms with E-state index in [0.29, 0.717) is 37.5 Å². The second-order valence-electron chi connectivity index (χ2n) is 8.73. The smallest absolute Gasteiger partial charge is 0.338 e. The lowest BCUT2D eigenvalue weighted by Gasteiger charge is -2.23. The van der Waals surface area contributed by atoms with E-state index in [-0.39, 0.29) is 35.4 Å². The molecule has 3 heterocycles. The van der Waals surface area contributed by atoms with Gasteiger partial charge in [-0.25, -0.2) is 14.2 Å². The molecule has 40 heavy (non-hydrogen) atoms. The molecular weight excluding hydrogens is 575 g/mol. The second-order valence-corrected chi connectivity index (χ2v) is 11.1. The minimum atomic E-state index is -0.648. The van der Waals surface area contributed by atoms with E-state index >= 15 is 0 Å². The summed E-state index contributed by atoms with van der Waals surface area (Å²) < 4.78 is 32.6. The minimum Gasteiger partial charge on any atom is -0.493 e. The molecule has 4 aromatic rings. The van der Waals surface area contributed by atoms with Gasteiger partial charge in [-0.15, -0.1) is 11.3 Å². The number of halogens is 2. The molecule has 206 valence electrons. The van der Waals surface area contributed by atoms with Crippen molar-refractivity contribution in [1.29, 1.82) is 0 Å². The fourth-order valence-corrected chi connectivity index (χ4v) is 6.53. The van der Waals surface area contributed by atoms with Crippen LogP contribution in [0.1, 0.15) is 35.9 Å². The molecule has 1 atom stereocenters. The van der Waals surface area contributed by atoms with E-state index in [4.69, 9.17) is 25.8 Å². The molecule has 0 saturated heterocycles. The van der Waals surface area contributed by atoms with Crippen molar-refractivity contribution in [3.05, 3.63) is 112 Å². The van der Waals surface area contributed by atoms with Gasteiger partial charge in [0.05, 0.1) is 34.5 Å². The van der Waals surface area contributed by atoms with Crippen molar-refractivity contribution in [1.82, 2.24) is 4.57 Å². The highest BCUT2D eigenvalue weighted by Gasteiger charge is 2.33. The van der Waals surface area contributed by atoms with Crippen LogP contribution in [0.15, 0.2) is 75.0 Å². The Labute approximate surface area is 242 Å². The first-order valence-electron chi connectivity index (χ1n) is 12.3. The Morgan fingerprint density at radius 2 is 2.02 bits per heavy atom. The molecule has 11 heteroatoms. The zero-order valence-electron chi connectivity index (χ0n) is 21.8. The molecule has 0 aliphatic carbocycles. The van der Waals surface area contributed by atoms with Crippen molar-refractivity contribution in [2.45, 2.75) is 26.5 Å². The maximum absolute atomic E-state index is 14.1. The highest BCUT2D eigenvalue weighted by molar-refractivity contribution is 7.10. The van der Waals surface area contributed by atoms with Crippen molar-refractivity contribution >= 4 is 46.3 Å². The van der Waals surface area contributed by atoms with Gasteiger partial charge in [0.25, 0.3) is 5.56 Å². The number of ether oxygens (including phenoxy) is 3. The summed E-state index contributed by atoms with van der Waals surface area (Å²) in [5.74, 6) is -0.288. The van der Waals surface area contributed by atoms with Gasteiger partial charge >= 0.3 is 5.97 Å². The summed E-state index contributed by atoms with van der Waals surface area (Å²) in [5.41, 5.74) is 1.52. The van der Waals surface area contributed by atoms with Gasteiger partial charge in [-0.1, -0.05) is 47.2 Å². The van der Waals surface area contributed by atoms with Crippen LogP contribution in [-0.2, 0) is 16.1 Å². The summed E-state index contributed by atoms with van der Waals surface area (Å²) in [6.45, 7) is 3.65. The Balaban J connectivity index is 1.56. The fourth-order valence-electron chi connectivity index (χ4n) is 4.39. The van der Waals surface area contributed by atoms with Crippen molar-refractivity contribution in [2.75, 3.05) is 13.7 Å². The number of hydrogen-bond donors (Lipinski definition) is 0. The van der Waals surface area contributed by atoms with E-state index < -0.39 is 12.0 Å². The summed E-state index contributed by atoms with van der Waals surface area (Å²) in [4.78, 5) is 32.5. The van der Waals surface area contributed by atoms with Gasteiger partial charge in [-0.3, -0.25) is 9.36 Å².